The third-order valence-corrected chi connectivity index (χ3v) is 6.55. The first-order valence-electron chi connectivity index (χ1n) is 10.2. The van der Waals surface area contributed by atoms with Crippen LogP contribution in [0.5, 0.6) is 0 Å². The molecular formula is C26H22N3OS+. The number of thiophene rings is 1. The fourth-order valence-corrected chi connectivity index (χ4v) is 4.74. The van der Waals surface area contributed by atoms with E-state index in [1.807, 2.05) is 24.3 Å². The number of nitrogens with zero attached hydrogens (tertiary/aromatic N) is 1. The maximum absolute atomic E-state index is 12.8. The molecule has 0 fully saturated rings. The molecule has 0 saturated carbocycles. The summed E-state index contributed by atoms with van der Waals surface area (Å²) in [6.45, 7) is 2.82. The average molecular weight is 425 g/mol. The molecule has 0 unspecified atom stereocenters. The number of H-pyrrole nitrogens is 1. The number of aryl methyl sites for hydroxylation is 1. The third-order valence-electron chi connectivity index (χ3n) is 5.47. The van der Waals surface area contributed by atoms with Gasteiger partial charge in [0, 0.05) is 33.3 Å². The molecule has 3 aromatic heterocycles. The highest BCUT2D eigenvalue weighted by molar-refractivity contribution is 7.13. The Morgan fingerprint density at radius 1 is 0.968 bits per heavy atom. The highest BCUT2D eigenvalue weighted by Crippen LogP contribution is 2.36. The van der Waals surface area contributed by atoms with Gasteiger partial charge in [-0.05, 0) is 35.6 Å². The summed E-state index contributed by atoms with van der Waals surface area (Å²) in [7, 11) is 0. The van der Waals surface area contributed by atoms with E-state index in [1.54, 1.807) is 17.5 Å². The first-order chi connectivity index (χ1) is 15.1. The van der Waals surface area contributed by atoms with Crippen LogP contribution in [0.25, 0.3) is 43.7 Å². The van der Waals surface area contributed by atoms with Gasteiger partial charge in [-0.15, -0.1) is 11.3 Å². The zero-order chi connectivity index (χ0) is 21.4. The first kappa shape index (κ1) is 19.4. The molecule has 5 rings (SSSR count). The van der Waals surface area contributed by atoms with Crippen LogP contribution in [0.4, 0.5) is 0 Å². The van der Waals surface area contributed by atoms with E-state index < -0.39 is 0 Å². The van der Waals surface area contributed by atoms with Crippen LogP contribution >= 0.6 is 11.3 Å². The van der Waals surface area contributed by atoms with Gasteiger partial charge >= 0.3 is 0 Å². The van der Waals surface area contributed by atoms with Crippen LogP contribution < -0.4 is 11.3 Å². The number of aromatic nitrogens is 2. The van der Waals surface area contributed by atoms with Crippen molar-refractivity contribution in [2.45, 2.75) is 13.5 Å². The van der Waals surface area contributed by atoms with Gasteiger partial charge in [0.05, 0.1) is 23.1 Å². The second-order valence-corrected chi connectivity index (χ2v) is 8.52. The largest absolute Gasteiger partial charge is 0.354 e. The molecule has 0 atom stereocenters. The summed E-state index contributed by atoms with van der Waals surface area (Å²) in [6.07, 6.45) is 1.78. The number of fused-ring (bicyclic) bond motifs is 1. The van der Waals surface area contributed by atoms with Gasteiger partial charge in [0.2, 0.25) is 0 Å². The Kier molecular flexibility index (Phi) is 4.98. The van der Waals surface area contributed by atoms with Crippen molar-refractivity contribution in [3.8, 4) is 32.8 Å². The number of pyridine rings is 2. The van der Waals surface area contributed by atoms with Gasteiger partial charge in [-0.25, -0.2) is 4.98 Å². The van der Waals surface area contributed by atoms with Crippen LogP contribution in [0.1, 0.15) is 11.1 Å². The summed E-state index contributed by atoms with van der Waals surface area (Å²) in [5.74, 6) is 0. The fourth-order valence-electron chi connectivity index (χ4n) is 3.82. The lowest BCUT2D eigenvalue weighted by Crippen LogP contribution is -2.47. The Labute approximate surface area is 184 Å². The van der Waals surface area contributed by atoms with E-state index in [0.717, 1.165) is 44.9 Å². The average Bonchev–Trinajstić information content (AvgIpc) is 3.25. The normalized spacial score (nSPS) is 11.2. The van der Waals surface area contributed by atoms with E-state index in [0.29, 0.717) is 5.39 Å². The number of aromatic amines is 1. The van der Waals surface area contributed by atoms with Gasteiger partial charge in [-0.3, -0.25) is 4.79 Å². The summed E-state index contributed by atoms with van der Waals surface area (Å²) in [4.78, 5) is 21.9. The molecule has 0 aliphatic rings. The van der Waals surface area contributed by atoms with Gasteiger partial charge in [0.15, 0.2) is 0 Å². The number of rotatable bonds is 4. The minimum atomic E-state index is -0.129. The van der Waals surface area contributed by atoms with Crippen molar-refractivity contribution in [3.05, 3.63) is 99.8 Å². The Morgan fingerprint density at radius 2 is 1.74 bits per heavy atom. The highest BCUT2D eigenvalue weighted by atomic mass is 32.1. The van der Waals surface area contributed by atoms with E-state index in [-0.39, 0.29) is 5.56 Å². The predicted molar refractivity (Wildman–Crippen MR) is 128 cm³/mol. The highest BCUT2D eigenvalue weighted by Gasteiger charge is 2.17. The first-order valence-corrected chi connectivity index (χ1v) is 11.1. The number of hydrogen-bond acceptors (Lipinski definition) is 3. The molecule has 5 aromatic rings. The molecule has 0 aliphatic heterocycles. The Balaban J connectivity index is 1.84. The second kappa shape index (κ2) is 7.95. The van der Waals surface area contributed by atoms with Crippen LogP contribution in [0.2, 0.25) is 0 Å². The van der Waals surface area contributed by atoms with Crippen molar-refractivity contribution >= 4 is 22.2 Å². The van der Waals surface area contributed by atoms with Crippen molar-refractivity contribution in [2.24, 2.45) is 0 Å². The summed E-state index contributed by atoms with van der Waals surface area (Å²) >= 11 is 1.66. The molecule has 0 amide bonds. The number of benzene rings is 2. The van der Waals surface area contributed by atoms with Crippen molar-refractivity contribution in [3.63, 3.8) is 0 Å². The SMILES string of the molecule is Cc1csc(-c2c[nH]c(=O)c3cc(-c4ccccc4)c(-c4ccc(C[NH3+])cc4)nc23)c1. The van der Waals surface area contributed by atoms with E-state index in [2.05, 4.69) is 65.5 Å². The second-order valence-electron chi connectivity index (χ2n) is 7.61. The minimum Gasteiger partial charge on any atom is -0.354 e. The molecule has 0 bridgehead atoms. The van der Waals surface area contributed by atoms with E-state index in [4.69, 9.17) is 4.98 Å². The Hall–Kier alpha value is -3.54. The van der Waals surface area contributed by atoms with Gasteiger partial charge in [-0.1, -0.05) is 54.6 Å². The maximum atomic E-state index is 12.8. The molecule has 3 heterocycles. The van der Waals surface area contributed by atoms with Crippen LogP contribution in [-0.4, -0.2) is 9.97 Å². The summed E-state index contributed by atoms with van der Waals surface area (Å²) in [5.41, 5.74) is 11.8. The summed E-state index contributed by atoms with van der Waals surface area (Å²) < 4.78 is 0. The zero-order valence-electron chi connectivity index (χ0n) is 17.2. The third kappa shape index (κ3) is 3.58. The van der Waals surface area contributed by atoms with Crippen molar-refractivity contribution in [2.75, 3.05) is 0 Å². The summed E-state index contributed by atoms with van der Waals surface area (Å²) in [5, 5.41) is 2.71. The Bertz CT molecular complexity index is 1430. The fraction of sp³-hybridized carbons (Fsp3) is 0.0769. The molecule has 4 nitrogen and oxygen atoms in total. The van der Waals surface area contributed by atoms with Crippen molar-refractivity contribution in [1.29, 1.82) is 0 Å². The van der Waals surface area contributed by atoms with Crippen LogP contribution in [0.15, 0.2) is 83.1 Å². The van der Waals surface area contributed by atoms with Crippen LogP contribution in [0, 0.1) is 6.92 Å². The number of quaternary nitrogens is 1. The summed E-state index contributed by atoms with van der Waals surface area (Å²) in [6, 6.07) is 22.6. The van der Waals surface area contributed by atoms with Crippen molar-refractivity contribution in [1.82, 2.24) is 9.97 Å². The molecular weight excluding hydrogens is 402 g/mol. The monoisotopic (exact) mass is 424 g/mol. The van der Waals surface area contributed by atoms with E-state index in [1.165, 1.54) is 11.1 Å². The van der Waals surface area contributed by atoms with E-state index in [9.17, 15) is 4.79 Å². The molecule has 31 heavy (non-hydrogen) atoms. The molecule has 4 N–H and O–H groups in total. The molecule has 5 heteroatoms. The maximum Gasteiger partial charge on any atom is 0.257 e. The lowest BCUT2D eigenvalue weighted by atomic mass is 9.96. The quantitative estimate of drug-likeness (QED) is 0.424. The predicted octanol–water partition coefficient (Wildman–Crippen LogP) is 5.04. The smallest absolute Gasteiger partial charge is 0.257 e. The lowest BCUT2D eigenvalue weighted by Gasteiger charge is -2.13. The van der Waals surface area contributed by atoms with Gasteiger partial charge in [0.25, 0.3) is 5.56 Å². The molecule has 0 aliphatic carbocycles. The number of hydrogen-bond donors (Lipinski definition) is 2. The topological polar surface area (TPSA) is 73.4 Å². The lowest BCUT2D eigenvalue weighted by molar-refractivity contribution is -0.386. The number of nitrogens with one attached hydrogen (secondary N) is 1. The minimum absolute atomic E-state index is 0.129. The zero-order valence-corrected chi connectivity index (χ0v) is 18.0. The van der Waals surface area contributed by atoms with Crippen LogP contribution in [0.3, 0.4) is 0 Å². The molecule has 0 saturated heterocycles. The Morgan fingerprint density at radius 3 is 2.42 bits per heavy atom. The molecule has 0 spiro atoms. The molecule has 152 valence electrons. The standard InChI is InChI=1S/C26H21N3OS/c1-16-11-23(31-15-16)22-14-28-26(30)21-12-20(18-5-3-2-4-6-18)24(29-25(21)22)19-9-7-17(13-27)8-10-19/h2-12,14-15H,13,27H2,1H3,(H,28,30)/p+1. The van der Waals surface area contributed by atoms with Crippen LogP contribution in [-0.2, 0) is 6.54 Å². The molecule has 0 radical (unpaired) electrons. The van der Waals surface area contributed by atoms with Gasteiger partial charge in [0.1, 0.15) is 0 Å². The van der Waals surface area contributed by atoms with Gasteiger partial charge in [-0.2, -0.15) is 0 Å². The van der Waals surface area contributed by atoms with Crippen molar-refractivity contribution < 1.29 is 5.73 Å². The molecule has 2 aromatic carbocycles. The van der Waals surface area contributed by atoms with Gasteiger partial charge < -0.3 is 10.7 Å². The van der Waals surface area contributed by atoms with E-state index >= 15 is 0 Å².